The molecule has 3 rings (SSSR count). The van der Waals surface area contributed by atoms with Crippen molar-refractivity contribution in [2.24, 2.45) is 0 Å². The fourth-order valence-electron chi connectivity index (χ4n) is 2.97. The number of ether oxygens (including phenoxy) is 1. The minimum Gasteiger partial charge on any atom is -0.490 e. The third-order valence-corrected chi connectivity index (χ3v) is 5.50. The molecule has 0 spiro atoms. The molecule has 24 heavy (non-hydrogen) atoms. The van der Waals surface area contributed by atoms with Crippen molar-refractivity contribution >= 4 is 9.84 Å². The van der Waals surface area contributed by atoms with Crippen LogP contribution in [0, 0.1) is 0 Å². The summed E-state index contributed by atoms with van der Waals surface area (Å²) < 4.78 is 95.1. The second-order valence-electron chi connectivity index (χ2n) is 5.91. The Morgan fingerprint density at radius 3 is 2.38 bits per heavy atom. The second kappa shape index (κ2) is 5.55. The summed E-state index contributed by atoms with van der Waals surface area (Å²) in [6.07, 6.45) is -9.12. The zero-order valence-corrected chi connectivity index (χ0v) is 12.9. The lowest BCUT2D eigenvalue weighted by Crippen LogP contribution is -2.43. The Morgan fingerprint density at radius 2 is 1.83 bits per heavy atom. The van der Waals surface area contributed by atoms with Crippen LogP contribution in [-0.4, -0.2) is 37.7 Å². The molecule has 2 aliphatic rings. The molecule has 0 aromatic heterocycles. The van der Waals surface area contributed by atoms with Gasteiger partial charge in [0.05, 0.1) is 4.90 Å². The van der Waals surface area contributed by atoms with Gasteiger partial charge in [-0.25, -0.2) is 30.4 Å². The Labute approximate surface area is 134 Å². The maximum atomic E-state index is 14.2. The number of sulfone groups is 1. The standard InChI is InChI=1S/C14H13F5O4S/c15-5-24(21,22)8-2-1-7(23-6-3-14(18,19)4-6)9-10(8)13(20)12(17)11(9)16/h1-2,6,11-13,20H,3-5H2/t11-,12-,13+/m1/s1. The summed E-state index contributed by atoms with van der Waals surface area (Å²) in [5.74, 6) is -3.22. The Hall–Kier alpha value is -1.42. The van der Waals surface area contributed by atoms with E-state index in [4.69, 9.17) is 4.74 Å². The molecule has 3 atom stereocenters. The van der Waals surface area contributed by atoms with E-state index in [0.717, 1.165) is 12.1 Å². The lowest BCUT2D eigenvalue weighted by atomic mass is 9.91. The smallest absolute Gasteiger partial charge is 0.255 e. The van der Waals surface area contributed by atoms with Gasteiger partial charge in [0.1, 0.15) is 18.0 Å². The van der Waals surface area contributed by atoms with Crippen LogP contribution in [-0.2, 0) is 9.84 Å². The van der Waals surface area contributed by atoms with E-state index in [1.54, 1.807) is 0 Å². The van der Waals surface area contributed by atoms with Gasteiger partial charge < -0.3 is 9.84 Å². The highest BCUT2D eigenvalue weighted by atomic mass is 32.2. The molecule has 1 saturated carbocycles. The van der Waals surface area contributed by atoms with E-state index in [1.165, 1.54) is 0 Å². The van der Waals surface area contributed by atoms with Crippen LogP contribution in [0.25, 0.3) is 0 Å². The number of aliphatic hydroxyl groups is 1. The first-order valence-electron chi connectivity index (χ1n) is 7.03. The lowest BCUT2D eigenvalue weighted by Gasteiger charge is -2.35. The highest BCUT2D eigenvalue weighted by Crippen LogP contribution is 2.51. The van der Waals surface area contributed by atoms with Gasteiger partial charge in [-0.1, -0.05) is 0 Å². The summed E-state index contributed by atoms with van der Waals surface area (Å²) in [5.41, 5.74) is -1.18. The molecule has 0 unspecified atom stereocenters. The van der Waals surface area contributed by atoms with Gasteiger partial charge in [-0.05, 0) is 12.1 Å². The molecule has 2 aliphatic carbocycles. The molecule has 4 nitrogen and oxygen atoms in total. The Morgan fingerprint density at radius 1 is 1.21 bits per heavy atom. The molecule has 1 aromatic rings. The van der Waals surface area contributed by atoms with Crippen molar-refractivity contribution in [2.45, 2.75) is 48.2 Å². The topological polar surface area (TPSA) is 63.6 Å². The molecule has 1 N–H and O–H groups in total. The van der Waals surface area contributed by atoms with Crippen LogP contribution in [0.5, 0.6) is 5.75 Å². The average molecular weight is 372 g/mol. The van der Waals surface area contributed by atoms with E-state index in [0.29, 0.717) is 0 Å². The molecule has 0 amide bonds. The summed E-state index contributed by atoms with van der Waals surface area (Å²) in [6.45, 7) is 0. The van der Waals surface area contributed by atoms with Crippen LogP contribution in [0.1, 0.15) is 36.2 Å². The third-order valence-electron chi connectivity index (χ3n) is 4.18. The number of benzene rings is 1. The van der Waals surface area contributed by atoms with Crippen molar-refractivity contribution < 1.29 is 40.2 Å². The third kappa shape index (κ3) is 2.65. The van der Waals surface area contributed by atoms with Crippen molar-refractivity contribution in [1.82, 2.24) is 0 Å². The molecule has 0 saturated heterocycles. The van der Waals surface area contributed by atoms with Gasteiger partial charge >= 0.3 is 0 Å². The average Bonchev–Trinajstić information content (AvgIpc) is 2.71. The summed E-state index contributed by atoms with van der Waals surface area (Å²) in [5, 5.41) is 9.80. The summed E-state index contributed by atoms with van der Waals surface area (Å²) in [7, 11) is -4.49. The van der Waals surface area contributed by atoms with Crippen LogP contribution >= 0.6 is 0 Å². The van der Waals surface area contributed by atoms with E-state index in [-0.39, 0.29) is 5.75 Å². The van der Waals surface area contributed by atoms with E-state index in [1.807, 2.05) is 0 Å². The highest BCUT2D eigenvalue weighted by Gasteiger charge is 2.49. The lowest BCUT2D eigenvalue weighted by molar-refractivity contribution is -0.134. The predicted octanol–water partition coefficient (Wildman–Crippen LogP) is 2.96. The molecule has 1 fully saturated rings. The first-order valence-corrected chi connectivity index (χ1v) is 8.69. The molecule has 1 aromatic carbocycles. The molecule has 0 heterocycles. The molecule has 0 bridgehead atoms. The predicted molar refractivity (Wildman–Crippen MR) is 71.9 cm³/mol. The fourth-order valence-corrected chi connectivity index (χ4v) is 3.93. The second-order valence-corrected chi connectivity index (χ2v) is 7.80. The van der Waals surface area contributed by atoms with Gasteiger partial charge in [0.15, 0.2) is 18.3 Å². The SMILES string of the molecule is O=S(=O)(CF)c1ccc(OC2CC(F)(F)C2)c2c1[C@H](O)[C@H](F)[C@@H]2F. The van der Waals surface area contributed by atoms with Crippen molar-refractivity contribution in [3.63, 3.8) is 0 Å². The Bertz CT molecular complexity index is 759. The maximum Gasteiger partial charge on any atom is 0.255 e. The number of fused-ring (bicyclic) bond motifs is 1. The highest BCUT2D eigenvalue weighted by molar-refractivity contribution is 7.91. The molecule has 0 aliphatic heterocycles. The quantitative estimate of drug-likeness (QED) is 0.826. The van der Waals surface area contributed by atoms with Crippen LogP contribution in [0.4, 0.5) is 22.0 Å². The first kappa shape index (κ1) is 17.4. The maximum absolute atomic E-state index is 14.2. The van der Waals surface area contributed by atoms with E-state index >= 15 is 0 Å². The Balaban J connectivity index is 2.05. The first-order chi connectivity index (χ1) is 11.1. The fraction of sp³-hybridized carbons (Fsp3) is 0.571. The van der Waals surface area contributed by atoms with Gasteiger partial charge in [-0.3, -0.25) is 0 Å². The van der Waals surface area contributed by atoms with Crippen molar-refractivity contribution in [1.29, 1.82) is 0 Å². The zero-order chi connectivity index (χ0) is 17.9. The number of hydrogen-bond acceptors (Lipinski definition) is 4. The van der Waals surface area contributed by atoms with Crippen LogP contribution in [0.2, 0.25) is 0 Å². The van der Waals surface area contributed by atoms with Crippen molar-refractivity contribution in [2.75, 3.05) is 6.01 Å². The van der Waals surface area contributed by atoms with E-state index in [9.17, 15) is 35.5 Å². The minimum atomic E-state index is -4.49. The van der Waals surface area contributed by atoms with Gasteiger partial charge in [-0.2, -0.15) is 0 Å². The summed E-state index contributed by atoms with van der Waals surface area (Å²) in [4.78, 5) is -0.735. The molecule has 134 valence electrons. The number of aliphatic hydroxyl groups excluding tert-OH is 1. The number of alkyl halides is 5. The number of hydrogen-bond donors (Lipinski definition) is 1. The van der Waals surface area contributed by atoms with Gasteiger partial charge in [0.25, 0.3) is 5.92 Å². The molecule has 10 heteroatoms. The number of rotatable bonds is 4. The van der Waals surface area contributed by atoms with Gasteiger partial charge in [0, 0.05) is 24.0 Å². The van der Waals surface area contributed by atoms with Crippen molar-refractivity contribution in [3.8, 4) is 5.75 Å². The number of halogens is 5. The monoisotopic (exact) mass is 372 g/mol. The largest absolute Gasteiger partial charge is 0.490 e. The van der Waals surface area contributed by atoms with Crippen LogP contribution < -0.4 is 4.74 Å². The van der Waals surface area contributed by atoms with E-state index in [2.05, 4.69) is 0 Å². The Kier molecular flexibility index (Phi) is 4.03. The molecule has 0 radical (unpaired) electrons. The van der Waals surface area contributed by atoms with Gasteiger partial charge in [-0.15, -0.1) is 0 Å². The summed E-state index contributed by atoms with van der Waals surface area (Å²) >= 11 is 0. The van der Waals surface area contributed by atoms with E-state index < -0.39 is 75.2 Å². The summed E-state index contributed by atoms with van der Waals surface area (Å²) in [6, 6.07) is 0.0121. The normalized spacial score (nSPS) is 29.2. The zero-order valence-electron chi connectivity index (χ0n) is 12.1. The van der Waals surface area contributed by atoms with Crippen molar-refractivity contribution in [3.05, 3.63) is 23.3 Å². The molecular weight excluding hydrogens is 359 g/mol. The van der Waals surface area contributed by atoms with Crippen LogP contribution in [0.15, 0.2) is 17.0 Å². The molecular formula is C14H13F5O4S. The van der Waals surface area contributed by atoms with Crippen LogP contribution in [0.3, 0.4) is 0 Å². The van der Waals surface area contributed by atoms with Gasteiger partial charge in [0.2, 0.25) is 9.84 Å². The minimum absolute atomic E-state index is 0.324.